The van der Waals surface area contributed by atoms with Crippen LogP contribution in [0.5, 0.6) is 0 Å². The number of nitrogens with zero attached hydrogens (tertiary/aromatic N) is 2. The SMILES string of the molecule is Cc1c(N)nsc1NCC(C)N(C)C. The molecule has 14 heavy (non-hydrogen) atoms. The molecule has 5 heteroatoms. The molecule has 1 heterocycles. The summed E-state index contributed by atoms with van der Waals surface area (Å²) in [5.74, 6) is 0.634. The molecule has 0 aliphatic carbocycles. The van der Waals surface area contributed by atoms with Crippen molar-refractivity contribution in [3.8, 4) is 0 Å². The van der Waals surface area contributed by atoms with Crippen LogP contribution in [0.15, 0.2) is 0 Å². The lowest BCUT2D eigenvalue weighted by atomic mass is 10.3. The summed E-state index contributed by atoms with van der Waals surface area (Å²) in [4.78, 5) is 2.17. The zero-order chi connectivity index (χ0) is 10.7. The molecule has 0 saturated heterocycles. The van der Waals surface area contributed by atoms with Crippen molar-refractivity contribution in [2.75, 3.05) is 31.7 Å². The van der Waals surface area contributed by atoms with Crippen LogP contribution in [0.1, 0.15) is 12.5 Å². The quantitative estimate of drug-likeness (QED) is 0.795. The molecule has 0 aromatic carbocycles. The molecule has 0 amide bonds. The summed E-state index contributed by atoms with van der Waals surface area (Å²) >= 11 is 1.43. The highest BCUT2D eigenvalue weighted by Crippen LogP contribution is 2.25. The number of hydrogen-bond donors (Lipinski definition) is 2. The second-order valence-corrected chi connectivity index (χ2v) is 4.49. The van der Waals surface area contributed by atoms with Crippen LogP contribution in [-0.2, 0) is 0 Å². The minimum atomic E-state index is 0.498. The average molecular weight is 214 g/mol. The Morgan fingerprint density at radius 3 is 2.64 bits per heavy atom. The summed E-state index contributed by atoms with van der Waals surface area (Å²) in [7, 11) is 4.14. The van der Waals surface area contributed by atoms with Gasteiger partial charge >= 0.3 is 0 Å². The van der Waals surface area contributed by atoms with Gasteiger partial charge in [0.25, 0.3) is 0 Å². The van der Waals surface area contributed by atoms with Crippen LogP contribution >= 0.6 is 11.5 Å². The van der Waals surface area contributed by atoms with Crippen LogP contribution < -0.4 is 11.1 Å². The van der Waals surface area contributed by atoms with Crippen molar-refractivity contribution in [2.24, 2.45) is 0 Å². The summed E-state index contributed by atoms with van der Waals surface area (Å²) in [5, 5.41) is 4.43. The van der Waals surface area contributed by atoms with Crippen LogP contribution in [-0.4, -0.2) is 36.0 Å². The zero-order valence-corrected chi connectivity index (χ0v) is 9.98. The molecule has 0 radical (unpaired) electrons. The van der Waals surface area contributed by atoms with E-state index >= 15 is 0 Å². The van der Waals surface area contributed by atoms with Gasteiger partial charge in [0, 0.05) is 18.2 Å². The van der Waals surface area contributed by atoms with Gasteiger partial charge in [-0.3, -0.25) is 0 Å². The van der Waals surface area contributed by atoms with E-state index < -0.39 is 0 Å². The van der Waals surface area contributed by atoms with Gasteiger partial charge in [-0.2, -0.15) is 4.37 Å². The highest BCUT2D eigenvalue weighted by atomic mass is 32.1. The molecule has 0 aliphatic rings. The van der Waals surface area contributed by atoms with E-state index in [9.17, 15) is 0 Å². The van der Waals surface area contributed by atoms with Gasteiger partial charge in [-0.05, 0) is 39.5 Å². The molecule has 1 aromatic rings. The number of nitrogens with one attached hydrogen (secondary N) is 1. The van der Waals surface area contributed by atoms with Crippen molar-refractivity contribution in [3.63, 3.8) is 0 Å². The lowest BCUT2D eigenvalue weighted by molar-refractivity contribution is 0.326. The minimum absolute atomic E-state index is 0.498. The van der Waals surface area contributed by atoms with Gasteiger partial charge in [0.05, 0.1) is 0 Å². The first-order chi connectivity index (χ1) is 6.52. The number of rotatable bonds is 4. The maximum absolute atomic E-state index is 5.66. The smallest absolute Gasteiger partial charge is 0.142 e. The van der Waals surface area contributed by atoms with Gasteiger partial charge in [-0.1, -0.05) is 0 Å². The summed E-state index contributed by atoms with van der Waals surface area (Å²) in [6.45, 7) is 5.07. The Labute approximate surface area is 89.3 Å². The zero-order valence-electron chi connectivity index (χ0n) is 9.16. The maximum Gasteiger partial charge on any atom is 0.142 e. The molecule has 3 N–H and O–H groups in total. The lowest BCUT2D eigenvalue weighted by Gasteiger charge is -2.20. The predicted molar refractivity (Wildman–Crippen MR) is 62.9 cm³/mol. The van der Waals surface area contributed by atoms with Crippen LogP contribution in [0.2, 0.25) is 0 Å². The first-order valence-electron chi connectivity index (χ1n) is 4.64. The molecular formula is C9H18N4S. The number of nitrogens with two attached hydrogens (primary N) is 1. The van der Waals surface area contributed by atoms with Gasteiger partial charge in [0.2, 0.25) is 0 Å². The Kier molecular flexibility index (Phi) is 3.71. The van der Waals surface area contributed by atoms with E-state index in [2.05, 4.69) is 35.6 Å². The molecule has 0 bridgehead atoms. The lowest BCUT2D eigenvalue weighted by Crippen LogP contribution is -2.31. The standard InChI is InChI=1S/C9H18N4S/c1-6(13(3)4)5-11-9-7(2)8(10)12-14-9/h6,11H,5H2,1-4H3,(H2,10,12). The molecule has 0 fully saturated rings. The van der Waals surface area contributed by atoms with Gasteiger partial charge in [0.1, 0.15) is 10.8 Å². The number of anilines is 2. The van der Waals surface area contributed by atoms with Crippen LogP contribution in [0.4, 0.5) is 10.8 Å². The molecule has 4 nitrogen and oxygen atoms in total. The second-order valence-electron chi connectivity index (χ2n) is 3.72. The third kappa shape index (κ3) is 2.59. The van der Waals surface area contributed by atoms with Crippen LogP contribution in [0.3, 0.4) is 0 Å². The van der Waals surface area contributed by atoms with Gasteiger partial charge in [-0.25, -0.2) is 0 Å². The normalized spacial score (nSPS) is 13.2. The number of nitrogen functional groups attached to an aromatic ring is 1. The number of likely N-dealkylation sites (N-methyl/N-ethyl adjacent to an activating group) is 1. The largest absolute Gasteiger partial charge is 0.383 e. The Morgan fingerprint density at radius 1 is 1.57 bits per heavy atom. The van der Waals surface area contributed by atoms with E-state index in [-0.39, 0.29) is 0 Å². The van der Waals surface area contributed by atoms with Crippen LogP contribution in [0, 0.1) is 6.92 Å². The van der Waals surface area contributed by atoms with Crippen molar-refractivity contribution >= 4 is 22.4 Å². The van der Waals surface area contributed by atoms with Gasteiger partial charge < -0.3 is 16.0 Å². The number of hydrogen-bond acceptors (Lipinski definition) is 5. The summed E-state index contributed by atoms with van der Waals surface area (Å²) in [6, 6.07) is 0.498. The molecule has 0 saturated carbocycles. The second kappa shape index (κ2) is 4.61. The summed E-state index contributed by atoms with van der Waals surface area (Å²) in [6.07, 6.45) is 0. The molecule has 0 spiro atoms. The van der Waals surface area contributed by atoms with Gasteiger partial charge in [0.15, 0.2) is 0 Å². The topological polar surface area (TPSA) is 54.2 Å². The third-order valence-electron chi connectivity index (χ3n) is 2.40. The molecule has 1 aromatic heterocycles. The predicted octanol–water partition coefficient (Wildman–Crippen LogP) is 1.40. The average Bonchev–Trinajstić information content (AvgIpc) is 2.44. The van der Waals surface area contributed by atoms with Crippen molar-refractivity contribution in [1.82, 2.24) is 9.27 Å². The van der Waals surface area contributed by atoms with E-state index in [0.29, 0.717) is 11.9 Å². The summed E-state index contributed by atoms with van der Waals surface area (Å²) in [5.41, 5.74) is 6.71. The Balaban J connectivity index is 2.50. The fourth-order valence-corrected chi connectivity index (χ4v) is 1.65. The van der Waals surface area contributed by atoms with Crippen molar-refractivity contribution in [2.45, 2.75) is 19.9 Å². The van der Waals surface area contributed by atoms with E-state index in [4.69, 9.17) is 5.73 Å². The minimum Gasteiger partial charge on any atom is -0.383 e. The van der Waals surface area contributed by atoms with E-state index in [1.54, 1.807) is 0 Å². The Bertz CT molecular complexity index is 295. The molecule has 80 valence electrons. The van der Waals surface area contributed by atoms with Crippen LogP contribution in [0.25, 0.3) is 0 Å². The fraction of sp³-hybridized carbons (Fsp3) is 0.667. The highest BCUT2D eigenvalue weighted by Gasteiger charge is 2.08. The Morgan fingerprint density at radius 2 is 2.21 bits per heavy atom. The number of aromatic nitrogens is 1. The third-order valence-corrected chi connectivity index (χ3v) is 3.32. The molecule has 1 rings (SSSR count). The van der Waals surface area contributed by atoms with Crippen molar-refractivity contribution in [1.29, 1.82) is 0 Å². The van der Waals surface area contributed by atoms with E-state index in [1.807, 2.05) is 6.92 Å². The molecule has 1 atom stereocenters. The summed E-state index contributed by atoms with van der Waals surface area (Å²) < 4.78 is 4.08. The van der Waals surface area contributed by atoms with E-state index in [0.717, 1.165) is 17.1 Å². The molecular weight excluding hydrogens is 196 g/mol. The maximum atomic E-state index is 5.66. The molecule has 1 unspecified atom stereocenters. The van der Waals surface area contributed by atoms with Crippen molar-refractivity contribution in [3.05, 3.63) is 5.56 Å². The Hall–Kier alpha value is -0.810. The van der Waals surface area contributed by atoms with E-state index in [1.165, 1.54) is 11.5 Å². The monoisotopic (exact) mass is 214 g/mol. The van der Waals surface area contributed by atoms with Crippen molar-refractivity contribution < 1.29 is 0 Å². The molecule has 0 aliphatic heterocycles. The first kappa shape index (κ1) is 11.3. The first-order valence-corrected chi connectivity index (χ1v) is 5.41. The van der Waals surface area contributed by atoms with Gasteiger partial charge in [-0.15, -0.1) is 0 Å². The highest BCUT2D eigenvalue weighted by molar-refractivity contribution is 7.10. The fourth-order valence-electron chi connectivity index (χ4n) is 0.936.